The van der Waals surface area contributed by atoms with Gasteiger partial charge in [0, 0.05) is 18.2 Å². The van der Waals surface area contributed by atoms with Gasteiger partial charge in [0.05, 0.1) is 0 Å². The van der Waals surface area contributed by atoms with Crippen LogP contribution in [0.25, 0.3) is 0 Å². The summed E-state index contributed by atoms with van der Waals surface area (Å²) in [6.45, 7) is 3.26. The summed E-state index contributed by atoms with van der Waals surface area (Å²) in [4.78, 5) is 11.3. The number of hydrogen-bond donors (Lipinski definition) is 2. The molecule has 0 amide bonds. The van der Waals surface area contributed by atoms with E-state index in [0.717, 1.165) is 36.1 Å². The first-order valence-corrected chi connectivity index (χ1v) is 7.42. The highest BCUT2D eigenvalue weighted by Crippen LogP contribution is 2.40. The minimum atomic E-state index is 0.680. The van der Waals surface area contributed by atoms with Gasteiger partial charge in [-0.15, -0.1) is 0 Å². The summed E-state index contributed by atoms with van der Waals surface area (Å²) in [5.41, 5.74) is 3.86. The quantitative estimate of drug-likeness (QED) is 0.644. The maximum atomic E-state index is 5.57. The number of nitrogen functional groups attached to an aromatic ring is 1. The number of rotatable bonds is 3. The second-order valence-corrected chi connectivity index (χ2v) is 5.62. The molecule has 2 aliphatic rings. The van der Waals surface area contributed by atoms with Crippen LogP contribution in [0.15, 0.2) is 6.33 Å². The Balaban J connectivity index is 1.96. The van der Waals surface area contributed by atoms with Gasteiger partial charge in [-0.05, 0) is 38.0 Å². The maximum absolute atomic E-state index is 5.57. The average molecular weight is 261 g/mol. The van der Waals surface area contributed by atoms with Gasteiger partial charge in [-0.3, -0.25) is 0 Å². The Morgan fingerprint density at radius 3 is 2.95 bits per heavy atom. The molecule has 2 atom stereocenters. The van der Waals surface area contributed by atoms with Crippen LogP contribution >= 0.6 is 0 Å². The van der Waals surface area contributed by atoms with E-state index in [1.165, 1.54) is 32.1 Å². The molecule has 1 aliphatic heterocycles. The first-order valence-electron chi connectivity index (χ1n) is 7.42. The molecule has 5 heteroatoms. The monoisotopic (exact) mass is 261 g/mol. The lowest BCUT2D eigenvalue weighted by molar-refractivity contribution is 0.360. The van der Waals surface area contributed by atoms with Crippen LogP contribution in [0.1, 0.15) is 44.6 Å². The molecule has 2 fully saturated rings. The van der Waals surface area contributed by atoms with Crippen molar-refractivity contribution < 1.29 is 0 Å². The number of hydrazine groups is 1. The minimum Gasteiger partial charge on any atom is -0.353 e. The van der Waals surface area contributed by atoms with Gasteiger partial charge in [-0.2, -0.15) is 0 Å². The zero-order chi connectivity index (χ0) is 13.2. The zero-order valence-corrected chi connectivity index (χ0v) is 11.6. The highest BCUT2D eigenvalue weighted by atomic mass is 15.3. The fourth-order valence-electron chi connectivity index (χ4n) is 3.82. The van der Waals surface area contributed by atoms with Crippen molar-refractivity contribution in [2.45, 2.75) is 51.5 Å². The van der Waals surface area contributed by atoms with Crippen LogP contribution in [0, 0.1) is 5.92 Å². The van der Waals surface area contributed by atoms with Gasteiger partial charge in [0.1, 0.15) is 18.0 Å². The molecule has 1 aromatic heterocycles. The van der Waals surface area contributed by atoms with Crippen LogP contribution in [0.5, 0.6) is 0 Å². The third kappa shape index (κ3) is 2.16. The molecular weight excluding hydrogens is 238 g/mol. The Bertz CT molecular complexity index is 447. The molecule has 1 saturated carbocycles. The molecule has 3 rings (SSSR count). The molecule has 1 saturated heterocycles. The largest absolute Gasteiger partial charge is 0.353 e. The summed E-state index contributed by atoms with van der Waals surface area (Å²) in [5.74, 6) is 8.31. The van der Waals surface area contributed by atoms with Crippen molar-refractivity contribution in [2.75, 3.05) is 16.9 Å². The lowest BCUT2D eigenvalue weighted by atomic mass is 9.91. The van der Waals surface area contributed by atoms with E-state index in [0.29, 0.717) is 6.04 Å². The molecular formula is C14H23N5. The van der Waals surface area contributed by atoms with Crippen molar-refractivity contribution in [1.82, 2.24) is 9.97 Å². The molecule has 104 valence electrons. The topological polar surface area (TPSA) is 67.1 Å². The van der Waals surface area contributed by atoms with Gasteiger partial charge in [0.2, 0.25) is 0 Å². The number of hydrogen-bond acceptors (Lipinski definition) is 5. The van der Waals surface area contributed by atoms with E-state index in [-0.39, 0.29) is 0 Å². The van der Waals surface area contributed by atoms with E-state index in [1.807, 2.05) is 0 Å². The Morgan fingerprint density at radius 1 is 1.32 bits per heavy atom. The summed E-state index contributed by atoms with van der Waals surface area (Å²) in [7, 11) is 0. The Morgan fingerprint density at radius 2 is 2.16 bits per heavy atom. The van der Waals surface area contributed by atoms with Crippen molar-refractivity contribution in [3.63, 3.8) is 0 Å². The number of fused-ring (bicyclic) bond motifs is 1. The van der Waals surface area contributed by atoms with Crippen LogP contribution < -0.4 is 16.2 Å². The second kappa shape index (κ2) is 5.33. The summed E-state index contributed by atoms with van der Waals surface area (Å²) >= 11 is 0. The number of nitrogens with zero attached hydrogens (tertiary/aromatic N) is 3. The SMILES string of the molecule is CCc1c(NN)ncnc1N1CCCC2CCCC21. The van der Waals surface area contributed by atoms with Gasteiger partial charge in [-0.1, -0.05) is 13.3 Å². The van der Waals surface area contributed by atoms with Gasteiger partial charge in [0.25, 0.3) is 0 Å². The zero-order valence-electron chi connectivity index (χ0n) is 11.6. The normalized spacial score (nSPS) is 26.3. The number of aromatic nitrogens is 2. The summed E-state index contributed by atoms with van der Waals surface area (Å²) in [6.07, 6.45) is 9.25. The minimum absolute atomic E-state index is 0.680. The molecule has 19 heavy (non-hydrogen) atoms. The molecule has 0 spiro atoms. The molecule has 1 aliphatic carbocycles. The fraction of sp³-hybridized carbons (Fsp3) is 0.714. The molecule has 2 unspecified atom stereocenters. The van der Waals surface area contributed by atoms with Crippen molar-refractivity contribution in [3.8, 4) is 0 Å². The third-order valence-electron chi connectivity index (χ3n) is 4.68. The number of anilines is 2. The fourth-order valence-corrected chi connectivity index (χ4v) is 3.82. The summed E-state index contributed by atoms with van der Waals surface area (Å²) in [6, 6.07) is 0.680. The molecule has 2 heterocycles. The molecule has 1 aromatic rings. The Hall–Kier alpha value is -1.36. The van der Waals surface area contributed by atoms with Gasteiger partial charge in [0.15, 0.2) is 0 Å². The van der Waals surface area contributed by atoms with Crippen molar-refractivity contribution in [1.29, 1.82) is 0 Å². The molecule has 0 aromatic carbocycles. The van der Waals surface area contributed by atoms with Crippen LogP contribution in [0.3, 0.4) is 0 Å². The lowest BCUT2D eigenvalue weighted by Gasteiger charge is -2.39. The van der Waals surface area contributed by atoms with E-state index < -0.39 is 0 Å². The number of piperidine rings is 1. The third-order valence-corrected chi connectivity index (χ3v) is 4.68. The highest BCUT2D eigenvalue weighted by molar-refractivity contribution is 5.59. The van der Waals surface area contributed by atoms with E-state index in [1.54, 1.807) is 6.33 Å². The predicted molar refractivity (Wildman–Crippen MR) is 76.9 cm³/mol. The molecule has 3 N–H and O–H groups in total. The predicted octanol–water partition coefficient (Wildman–Crippen LogP) is 2.09. The van der Waals surface area contributed by atoms with Gasteiger partial charge in [-0.25, -0.2) is 15.8 Å². The smallest absolute Gasteiger partial charge is 0.148 e. The molecule has 5 nitrogen and oxygen atoms in total. The van der Waals surface area contributed by atoms with Crippen LogP contribution in [-0.2, 0) is 6.42 Å². The molecule has 0 bridgehead atoms. The van der Waals surface area contributed by atoms with E-state index in [2.05, 4.69) is 27.2 Å². The second-order valence-electron chi connectivity index (χ2n) is 5.62. The molecule has 0 radical (unpaired) electrons. The lowest BCUT2D eigenvalue weighted by Crippen LogP contribution is -2.43. The van der Waals surface area contributed by atoms with Gasteiger partial charge >= 0.3 is 0 Å². The first kappa shape index (κ1) is 12.7. The van der Waals surface area contributed by atoms with Crippen LogP contribution in [0.4, 0.5) is 11.6 Å². The summed E-state index contributed by atoms with van der Waals surface area (Å²) < 4.78 is 0. The van der Waals surface area contributed by atoms with Gasteiger partial charge < -0.3 is 10.3 Å². The average Bonchev–Trinajstić information content (AvgIpc) is 2.94. The van der Waals surface area contributed by atoms with E-state index >= 15 is 0 Å². The van der Waals surface area contributed by atoms with E-state index in [9.17, 15) is 0 Å². The van der Waals surface area contributed by atoms with E-state index in [4.69, 9.17) is 5.84 Å². The number of nitrogens with one attached hydrogen (secondary N) is 1. The van der Waals surface area contributed by atoms with Crippen molar-refractivity contribution in [2.24, 2.45) is 11.8 Å². The Labute approximate surface area is 114 Å². The maximum Gasteiger partial charge on any atom is 0.148 e. The number of nitrogens with two attached hydrogens (primary N) is 1. The first-order chi connectivity index (χ1) is 9.35. The van der Waals surface area contributed by atoms with Crippen LogP contribution in [-0.4, -0.2) is 22.6 Å². The highest BCUT2D eigenvalue weighted by Gasteiger charge is 2.36. The summed E-state index contributed by atoms with van der Waals surface area (Å²) in [5, 5.41) is 0. The van der Waals surface area contributed by atoms with Crippen molar-refractivity contribution >= 4 is 11.6 Å². The van der Waals surface area contributed by atoms with Crippen LogP contribution in [0.2, 0.25) is 0 Å². The Kier molecular flexibility index (Phi) is 3.55. The standard InChI is InChI=1S/C14H23N5/c1-2-11-13(18-15)16-9-17-14(11)19-8-4-6-10-5-3-7-12(10)19/h9-10,12H,2-8,15H2,1H3,(H,16,17,18). The van der Waals surface area contributed by atoms with Crippen molar-refractivity contribution in [3.05, 3.63) is 11.9 Å².